The number of hydrogen-bond acceptors (Lipinski definition) is 1. The van der Waals surface area contributed by atoms with Crippen molar-refractivity contribution in [3.63, 3.8) is 0 Å². The van der Waals surface area contributed by atoms with E-state index >= 15 is 0 Å². The Balaban J connectivity index is 2.62. The highest BCUT2D eigenvalue weighted by Gasteiger charge is 1.93. The fraction of sp³-hybridized carbons (Fsp3) is 0.300. The van der Waals surface area contributed by atoms with Crippen LogP contribution in [0, 0.1) is 13.5 Å². The summed E-state index contributed by atoms with van der Waals surface area (Å²) in [5.41, 5.74) is 2.72. The zero-order valence-electron chi connectivity index (χ0n) is 7.09. The first kappa shape index (κ1) is 8.28. The molecule has 0 aliphatic carbocycles. The molecule has 0 aliphatic rings. The molecule has 1 radical (unpaired) electrons. The minimum Gasteiger partial charge on any atom is -0.309 e. The second kappa shape index (κ2) is 4.14. The largest absolute Gasteiger partial charge is 0.309 e. The first-order valence-corrected chi connectivity index (χ1v) is 3.90. The van der Waals surface area contributed by atoms with Gasteiger partial charge in [-0.1, -0.05) is 24.3 Å². The molecule has 0 heterocycles. The van der Waals surface area contributed by atoms with Crippen LogP contribution in [-0.2, 0) is 6.54 Å². The van der Waals surface area contributed by atoms with Crippen LogP contribution in [0.25, 0.3) is 0 Å². The molecule has 0 saturated carbocycles. The SMILES string of the molecule is C[CH]NCc1ccccc1C. The van der Waals surface area contributed by atoms with E-state index in [1.807, 2.05) is 13.5 Å². The predicted molar refractivity (Wildman–Crippen MR) is 48.0 cm³/mol. The molecule has 1 nitrogen and oxygen atoms in total. The summed E-state index contributed by atoms with van der Waals surface area (Å²) in [6.07, 6.45) is 0. The number of aryl methyl sites for hydroxylation is 1. The summed E-state index contributed by atoms with van der Waals surface area (Å²) in [4.78, 5) is 0. The minimum absolute atomic E-state index is 0.934. The highest BCUT2D eigenvalue weighted by molar-refractivity contribution is 5.25. The highest BCUT2D eigenvalue weighted by atomic mass is 14.8. The van der Waals surface area contributed by atoms with Crippen LogP contribution in [0.5, 0.6) is 0 Å². The molecular weight excluding hydrogens is 134 g/mol. The van der Waals surface area contributed by atoms with Crippen LogP contribution in [0.2, 0.25) is 0 Å². The normalized spacial score (nSPS) is 10.0. The number of nitrogens with one attached hydrogen (secondary N) is 1. The fourth-order valence-electron chi connectivity index (χ4n) is 1.02. The Morgan fingerprint density at radius 2 is 2.09 bits per heavy atom. The Kier molecular flexibility index (Phi) is 3.12. The van der Waals surface area contributed by atoms with E-state index in [9.17, 15) is 0 Å². The topological polar surface area (TPSA) is 12.0 Å². The van der Waals surface area contributed by atoms with Gasteiger partial charge in [0.15, 0.2) is 0 Å². The molecule has 0 amide bonds. The van der Waals surface area contributed by atoms with Gasteiger partial charge in [0.25, 0.3) is 0 Å². The summed E-state index contributed by atoms with van der Waals surface area (Å²) < 4.78 is 0. The van der Waals surface area contributed by atoms with Crippen LogP contribution >= 0.6 is 0 Å². The van der Waals surface area contributed by atoms with Gasteiger partial charge in [-0.05, 0) is 25.0 Å². The van der Waals surface area contributed by atoms with E-state index < -0.39 is 0 Å². The van der Waals surface area contributed by atoms with Gasteiger partial charge in [-0.15, -0.1) is 0 Å². The molecule has 0 bridgehead atoms. The van der Waals surface area contributed by atoms with Crippen LogP contribution in [0.1, 0.15) is 18.1 Å². The van der Waals surface area contributed by atoms with Gasteiger partial charge in [-0.3, -0.25) is 0 Å². The predicted octanol–water partition coefficient (Wildman–Crippen LogP) is 2.27. The lowest BCUT2D eigenvalue weighted by Gasteiger charge is -2.04. The summed E-state index contributed by atoms with van der Waals surface area (Å²) in [6.45, 7) is 7.03. The third kappa shape index (κ3) is 2.35. The fourth-order valence-corrected chi connectivity index (χ4v) is 1.02. The lowest BCUT2D eigenvalue weighted by molar-refractivity contribution is 0.800. The van der Waals surface area contributed by atoms with Crippen LogP contribution in [0.15, 0.2) is 24.3 Å². The Hall–Kier alpha value is -0.820. The molecular formula is C10H14N. The molecule has 0 unspecified atom stereocenters. The van der Waals surface area contributed by atoms with E-state index in [0.29, 0.717) is 0 Å². The first-order chi connectivity index (χ1) is 5.34. The first-order valence-electron chi connectivity index (χ1n) is 3.90. The van der Waals surface area contributed by atoms with E-state index in [1.54, 1.807) is 0 Å². The molecule has 11 heavy (non-hydrogen) atoms. The van der Waals surface area contributed by atoms with Crippen LogP contribution < -0.4 is 5.32 Å². The number of benzene rings is 1. The second-order valence-corrected chi connectivity index (χ2v) is 2.60. The Morgan fingerprint density at radius 1 is 1.36 bits per heavy atom. The standard InChI is InChI=1S/C10H14N/c1-3-11-8-10-7-5-4-6-9(10)2/h3-7,11H,8H2,1-2H3. The summed E-state index contributed by atoms with van der Waals surface area (Å²) in [7, 11) is 0. The van der Waals surface area contributed by atoms with E-state index in [4.69, 9.17) is 0 Å². The monoisotopic (exact) mass is 148 g/mol. The Bertz CT molecular complexity index is 218. The lowest BCUT2D eigenvalue weighted by atomic mass is 10.1. The quantitative estimate of drug-likeness (QED) is 0.693. The van der Waals surface area contributed by atoms with Crippen molar-refractivity contribution in [2.75, 3.05) is 0 Å². The maximum absolute atomic E-state index is 3.18. The van der Waals surface area contributed by atoms with E-state index in [0.717, 1.165) is 6.54 Å². The van der Waals surface area contributed by atoms with Crippen LogP contribution in [0.3, 0.4) is 0 Å². The molecule has 59 valence electrons. The van der Waals surface area contributed by atoms with E-state index in [1.165, 1.54) is 11.1 Å². The second-order valence-electron chi connectivity index (χ2n) is 2.60. The third-order valence-corrected chi connectivity index (χ3v) is 1.76. The summed E-state index contributed by atoms with van der Waals surface area (Å²) in [5.74, 6) is 0. The zero-order valence-corrected chi connectivity index (χ0v) is 7.09. The van der Waals surface area contributed by atoms with Crippen LogP contribution in [-0.4, -0.2) is 0 Å². The van der Waals surface area contributed by atoms with Crippen molar-refractivity contribution in [3.05, 3.63) is 41.9 Å². The highest BCUT2D eigenvalue weighted by Crippen LogP contribution is 2.05. The van der Waals surface area contributed by atoms with Crippen molar-refractivity contribution in [3.8, 4) is 0 Å². The summed E-state index contributed by atoms with van der Waals surface area (Å²) >= 11 is 0. The molecule has 1 N–H and O–H groups in total. The van der Waals surface area contributed by atoms with E-state index in [-0.39, 0.29) is 0 Å². The molecule has 0 aliphatic heterocycles. The molecule has 0 spiro atoms. The maximum Gasteiger partial charge on any atom is 0.0211 e. The molecule has 1 aromatic carbocycles. The van der Waals surface area contributed by atoms with Crippen molar-refractivity contribution in [2.24, 2.45) is 0 Å². The average molecular weight is 148 g/mol. The molecule has 1 rings (SSSR count). The van der Waals surface area contributed by atoms with Gasteiger partial charge in [0, 0.05) is 13.1 Å². The van der Waals surface area contributed by atoms with Crippen molar-refractivity contribution in [1.82, 2.24) is 5.32 Å². The van der Waals surface area contributed by atoms with Gasteiger partial charge < -0.3 is 5.32 Å². The van der Waals surface area contributed by atoms with Crippen molar-refractivity contribution >= 4 is 0 Å². The molecule has 0 fully saturated rings. The van der Waals surface area contributed by atoms with E-state index in [2.05, 4.69) is 36.5 Å². The summed E-state index contributed by atoms with van der Waals surface area (Å²) in [5, 5.41) is 3.18. The van der Waals surface area contributed by atoms with Gasteiger partial charge >= 0.3 is 0 Å². The molecule has 1 aromatic rings. The molecule has 0 saturated heterocycles. The van der Waals surface area contributed by atoms with Crippen molar-refractivity contribution < 1.29 is 0 Å². The van der Waals surface area contributed by atoms with Gasteiger partial charge in [-0.25, -0.2) is 0 Å². The van der Waals surface area contributed by atoms with Crippen molar-refractivity contribution in [1.29, 1.82) is 0 Å². The van der Waals surface area contributed by atoms with Gasteiger partial charge in [0.2, 0.25) is 0 Å². The average Bonchev–Trinajstić information content (AvgIpc) is 2.03. The minimum atomic E-state index is 0.934. The number of hydrogen-bond donors (Lipinski definition) is 1. The third-order valence-electron chi connectivity index (χ3n) is 1.76. The smallest absolute Gasteiger partial charge is 0.0211 e. The molecule has 1 heteroatoms. The maximum atomic E-state index is 3.18. The number of rotatable bonds is 3. The van der Waals surface area contributed by atoms with Gasteiger partial charge in [-0.2, -0.15) is 0 Å². The van der Waals surface area contributed by atoms with Gasteiger partial charge in [0.1, 0.15) is 0 Å². The Morgan fingerprint density at radius 3 is 2.73 bits per heavy atom. The van der Waals surface area contributed by atoms with Crippen molar-refractivity contribution in [2.45, 2.75) is 20.4 Å². The summed E-state index contributed by atoms with van der Waals surface area (Å²) in [6, 6.07) is 8.41. The van der Waals surface area contributed by atoms with Gasteiger partial charge in [0.05, 0.1) is 0 Å². The molecule has 0 aromatic heterocycles. The lowest BCUT2D eigenvalue weighted by Crippen LogP contribution is -2.07. The molecule has 0 atom stereocenters. The zero-order chi connectivity index (χ0) is 8.10. The Labute approximate surface area is 68.4 Å². The van der Waals surface area contributed by atoms with Crippen LogP contribution in [0.4, 0.5) is 0 Å².